The molecule has 0 bridgehead atoms. The molecule has 3 nitrogen and oxygen atoms in total. The first kappa shape index (κ1) is 12.9. The van der Waals surface area contributed by atoms with Gasteiger partial charge in [-0.2, -0.15) is 0 Å². The van der Waals surface area contributed by atoms with Crippen LogP contribution in [-0.2, 0) is 4.74 Å². The first-order valence-electron chi connectivity index (χ1n) is 5.82. The van der Waals surface area contributed by atoms with E-state index in [9.17, 15) is 0 Å². The van der Waals surface area contributed by atoms with Gasteiger partial charge < -0.3 is 15.2 Å². The maximum atomic E-state index is 6.18. The fourth-order valence-electron chi connectivity index (χ4n) is 2.22. The molecule has 1 heterocycles. The lowest BCUT2D eigenvalue weighted by molar-refractivity contribution is 0.0538. The number of methoxy groups -OCH3 is 1. The second kappa shape index (κ2) is 5.38. The number of halogens is 1. The third-order valence-electron chi connectivity index (χ3n) is 3.20. The summed E-state index contributed by atoms with van der Waals surface area (Å²) in [7, 11) is 1.71. The predicted octanol–water partition coefficient (Wildman–Crippen LogP) is 2.88. The lowest BCUT2D eigenvalue weighted by atomic mass is 9.91. The number of benzene rings is 1. The molecular formula is C13H18BrNO2. The highest BCUT2D eigenvalue weighted by Crippen LogP contribution is 2.37. The van der Waals surface area contributed by atoms with E-state index in [0.717, 1.165) is 22.2 Å². The van der Waals surface area contributed by atoms with Crippen molar-refractivity contribution in [3.8, 4) is 5.75 Å². The van der Waals surface area contributed by atoms with Crippen molar-refractivity contribution in [3.05, 3.63) is 28.2 Å². The van der Waals surface area contributed by atoms with Gasteiger partial charge in [0.25, 0.3) is 0 Å². The second-order valence-corrected chi connectivity index (χ2v) is 5.53. The molecule has 0 radical (unpaired) electrons. The van der Waals surface area contributed by atoms with Crippen molar-refractivity contribution in [1.82, 2.24) is 0 Å². The maximum absolute atomic E-state index is 6.18. The monoisotopic (exact) mass is 299 g/mol. The SMILES string of the molecule is COCC(C)C1C[C@@H](N)c2ccc(Br)cc2O1. The minimum absolute atomic E-state index is 0.0520. The molecule has 0 fully saturated rings. The standard InChI is InChI=1S/C13H18BrNO2/c1-8(7-16-2)12-6-11(15)10-4-3-9(14)5-13(10)17-12/h3-5,8,11-12H,6-7,15H2,1-2H3/t8?,11-,12?/m1/s1. The Morgan fingerprint density at radius 3 is 3.06 bits per heavy atom. The zero-order valence-corrected chi connectivity index (χ0v) is 11.7. The topological polar surface area (TPSA) is 44.5 Å². The normalized spacial score (nSPS) is 24.9. The van der Waals surface area contributed by atoms with Crippen LogP contribution in [0.5, 0.6) is 5.75 Å². The van der Waals surface area contributed by atoms with Gasteiger partial charge in [-0.15, -0.1) is 0 Å². The van der Waals surface area contributed by atoms with Crippen molar-refractivity contribution in [2.75, 3.05) is 13.7 Å². The maximum Gasteiger partial charge on any atom is 0.125 e. The molecule has 1 aliphatic rings. The van der Waals surface area contributed by atoms with Crippen LogP contribution in [0.3, 0.4) is 0 Å². The Bertz CT molecular complexity index is 397. The van der Waals surface area contributed by atoms with Crippen LogP contribution in [0.2, 0.25) is 0 Å². The van der Waals surface area contributed by atoms with E-state index in [0.29, 0.717) is 12.5 Å². The molecule has 1 aliphatic heterocycles. The summed E-state index contributed by atoms with van der Waals surface area (Å²) in [5.74, 6) is 1.24. The van der Waals surface area contributed by atoms with Crippen molar-refractivity contribution in [3.63, 3.8) is 0 Å². The number of ether oxygens (including phenoxy) is 2. The third kappa shape index (κ3) is 2.81. The van der Waals surface area contributed by atoms with Crippen LogP contribution in [0.25, 0.3) is 0 Å². The molecule has 4 heteroatoms. The zero-order valence-electron chi connectivity index (χ0n) is 10.2. The van der Waals surface area contributed by atoms with E-state index in [2.05, 4.69) is 22.9 Å². The van der Waals surface area contributed by atoms with Gasteiger partial charge in [0.15, 0.2) is 0 Å². The molecule has 2 N–H and O–H groups in total. The lowest BCUT2D eigenvalue weighted by Gasteiger charge is -2.33. The highest BCUT2D eigenvalue weighted by molar-refractivity contribution is 9.10. The van der Waals surface area contributed by atoms with Crippen molar-refractivity contribution < 1.29 is 9.47 Å². The average Bonchev–Trinajstić information content (AvgIpc) is 2.28. The van der Waals surface area contributed by atoms with Crippen LogP contribution in [0.4, 0.5) is 0 Å². The summed E-state index contributed by atoms with van der Waals surface area (Å²) in [5.41, 5.74) is 7.28. The van der Waals surface area contributed by atoms with Gasteiger partial charge in [-0.25, -0.2) is 0 Å². The van der Waals surface area contributed by atoms with Gasteiger partial charge in [0, 0.05) is 35.5 Å². The van der Waals surface area contributed by atoms with Crippen LogP contribution in [0.1, 0.15) is 24.9 Å². The van der Waals surface area contributed by atoms with Crippen molar-refractivity contribution in [2.45, 2.75) is 25.5 Å². The fraction of sp³-hybridized carbons (Fsp3) is 0.538. The summed E-state index contributed by atoms with van der Waals surface area (Å²) in [6.45, 7) is 2.82. The predicted molar refractivity (Wildman–Crippen MR) is 71.1 cm³/mol. The number of hydrogen-bond acceptors (Lipinski definition) is 3. The summed E-state index contributed by atoms with van der Waals surface area (Å²) in [6, 6.07) is 6.07. The summed E-state index contributed by atoms with van der Waals surface area (Å²) in [4.78, 5) is 0. The molecule has 1 aromatic rings. The quantitative estimate of drug-likeness (QED) is 0.933. The molecular weight excluding hydrogens is 282 g/mol. The molecule has 0 amide bonds. The Balaban J connectivity index is 2.19. The first-order chi connectivity index (χ1) is 8.11. The average molecular weight is 300 g/mol. The lowest BCUT2D eigenvalue weighted by Crippen LogP contribution is -2.35. The second-order valence-electron chi connectivity index (χ2n) is 4.61. The van der Waals surface area contributed by atoms with E-state index in [1.807, 2.05) is 18.2 Å². The van der Waals surface area contributed by atoms with Crippen LogP contribution in [0.15, 0.2) is 22.7 Å². The Hall–Kier alpha value is -0.580. The molecule has 2 unspecified atom stereocenters. The van der Waals surface area contributed by atoms with Gasteiger partial charge in [0.05, 0.1) is 6.61 Å². The number of fused-ring (bicyclic) bond motifs is 1. The van der Waals surface area contributed by atoms with E-state index >= 15 is 0 Å². The van der Waals surface area contributed by atoms with E-state index in [4.69, 9.17) is 15.2 Å². The molecule has 94 valence electrons. The van der Waals surface area contributed by atoms with Crippen molar-refractivity contribution in [2.24, 2.45) is 11.7 Å². The van der Waals surface area contributed by atoms with Gasteiger partial charge >= 0.3 is 0 Å². The molecule has 0 saturated carbocycles. The molecule has 0 spiro atoms. The zero-order chi connectivity index (χ0) is 12.4. The van der Waals surface area contributed by atoms with Crippen LogP contribution in [-0.4, -0.2) is 19.8 Å². The summed E-state index contributed by atoms with van der Waals surface area (Å²) in [5, 5.41) is 0. The van der Waals surface area contributed by atoms with Crippen LogP contribution in [0, 0.1) is 5.92 Å². The fourth-order valence-corrected chi connectivity index (χ4v) is 2.56. The van der Waals surface area contributed by atoms with E-state index in [-0.39, 0.29) is 12.1 Å². The van der Waals surface area contributed by atoms with Crippen LogP contribution >= 0.6 is 15.9 Å². The molecule has 17 heavy (non-hydrogen) atoms. The molecule has 0 aliphatic carbocycles. The third-order valence-corrected chi connectivity index (χ3v) is 3.70. The summed E-state index contributed by atoms with van der Waals surface area (Å²) < 4.78 is 12.2. The Labute approximate surface area is 110 Å². The van der Waals surface area contributed by atoms with E-state index in [1.165, 1.54) is 0 Å². The summed E-state index contributed by atoms with van der Waals surface area (Å²) in [6.07, 6.45) is 0.978. The smallest absolute Gasteiger partial charge is 0.125 e. The molecule has 2 rings (SSSR count). The van der Waals surface area contributed by atoms with Gasteiger partial charge in [-0.1, -0.05) is 28.9 Å². The van der Waals surface area contributed by atoms with E-state index < -0.39 is 0 Å². The van der Waals surface area contributed by atoms with Gasteiger partial charge in [-0.3, -0.25) is 0 Å². The van der Waals surface area contributed by atoms with E-state index in [1.54, 1.807) is 7.11 Å². The minimum atomic E-state index is 0.0520. The molecule has 1 aromatic carbocycles. The molecule has 0 aromatic heterocycles. The van der Waals surface area contributed by atoms with Crippen LogP contribution < -0.4 is 10.5 Å². The highest BCUT2D eigenvalue weighted by atomic mass is 79.9. The minimum Gasteiger partial charge on any atom is -0.490 e. The number of nitrogens with two attached hydrogens (primary N) is 1. The largest absolute Gasteiger partial charge is 0.490 e. The summed E-state index contributed by atoms with van der Waals surface area (Å²) >= 11 is 3.45. The Kier molecular flexibility index (Phi) is 4.07. The van der Waals surface area contributed by atoms with Gasteiger partial charge in [0.1, 0.15) is 11.9 Å². The Morgan fingerprint density at radius 2 is 2.35 bits per heavy atom. The first-order valence-corrected chi connectivity index (χ1v) is 6.61. The van der Waals surface area contributed by atoms with Crippen molar-refractivity contribution in [1.29, 1.82) is 0 Å². The highest BCUT2D eigenvalue weighted by Gasteiger charge is 2.29. The molecule has 0 saturated heterocycles. The van der Waals surface area contributed by atoms with Crippen molar-refractivity contribution >= 4 is 15.9 Å². The van der Waals surface area contributed by atoms with Gasteiger partial charge in [0.2, 0.25) is 0 Å². The Morgan fingerprint density at radius 1 is 1.59 bits per heavy atom. The molecule has 3 atom stereocenters. The number of rotatable bonds is 3. The van der Waals surface area contributed by atoms with Gasteiger partial charge in [-0.05, 0) is 12.1 Å². The number of hydrogen-bond donors (Lipinski definition) is 1.